The van der Waals surface area contributed by atoms with Gasteiger partial charge in [-0.05, 0) is 53.3 Å². The van der Waals surface area contributed by atoms with E-state index < -0.39 is 0 Å². The molecule has 3 aromatic rings. The fourth-order valence-electron chi connectivity index (χ4n) is 4.25. The van der Waals surface area contributed by atoms with Crippen molar-refractivity contribution in [2.24, 2.45) is 0 Å². The normalized spacial score (nSPS) is 20.5. The van der Waals surface area contributed by atoms with E-state index in [1.165, 1.54) is 20.9 Å². The number of hydrogen-bond donors (Lipinski definition) is 3. The summed E-state index contributed by atoms with van der Waals surface area (Å²) in [6, 6.07) is 16.7. The minimum absolute atomic E-state index is 0. The van der Waals surface area contributed by atoms with Gasteiger partial charge in [0, 0.05) is 28.3 Å². The molecule has 2 aromatic carbocycles. The Morgan fingerprint density at radius 1 is 0.962 bits per heavy atom. The summed E-state index contributed by atoms with van der Waals surface area (Å²) in [5.41, 5.74) is 4.93. The average Bonchev–Trinajstić information content (AvgIpc) is 3.07. The lowest BCUT2D eigenvalue weighted by Gasteiger charge is -2.38. The second-order valence-corrected chi connectivity index (χ2v) is 8.04. The Labute approximate surface area is 167 Å². The number of nitrogens with one attached hydrogen (secondary N) is 1. The Kier molecular flexibility index (Phi) is 4.55. The standard InChI is InChI=1S/C21H19NO2S.BrH/c23-17-8-13-6-7-16-21(14(13)9-18(17)24)15-10-19(25-20(15)11-22-16)12-4-2-1-3-5-12;/h1-5,8-10,16,21-24H,6-7,11H2;1H/t16-,21+;/m1./s1. The zero-order chi connectivity index (χ0) is 17.0. The van der Waals surface area contributed by atoms with Crippen LogP contribution in [-0.2, 0) is 13.0 Å². The maximum Gasteiger partial charge on any atom is 0.157 e. The Morgan fingerprint density at radius 3 is 2.54 bits per heavy atom. The minimum Gasteiger partial charge on any atom is -0.504 e. The minimum atomic E-state index is -0.0231. The number of hydrogen-bond acceptors (Lipinski definition) is 4. The molecule has 1 aromatic heterocycles. The zero-order valence-corrected chi connectivity index (χ0v) is 16.6. The Bertz CT molecular complexity index is 954. The Balaban J connectivity index is 0.00000168. The molecule has 5 rings (SSSR count). The van der Waals surface area contributed by atoms with E-state index in [-0.39, 0.29) is 34.4 Å². The van der Waals surface area contributed by atoms with Crippen LogP contribution in [0.25, 0.3) is 10.4 Å². The molecule has 0 unspecified atom stereocenters. The Morgan fingerprint density at radius 2 is 1.73 bits per heavy atom. The summed E-state index contributed by atoms with van der Waals surface area (Å²) in [5, 5.41) is 23.6. The molecule has 26 heavy (non-hydrogen) atoms. The van der Waals surface area contributed by atoms with Gasteiger partial charge in [0.2, 0.25) is 0 Å². The predicted octanol–water partition coefficient (Wildman–Crippen LogP) is 4.95. The molecule has 0 spiro atoms. The van der Waals surface area contributed by atoms with Crippen molar-refractivity contribution < 1.29 is 10.2 Å². The van der Waals surface area contributed by atoms with Crippen molar-refractivity contribution in [1.82, 2.24) is 5.32 Å². The van der Waals surface area contributed by atoms with Crippen LogP contribution in [0.3, 0.4) is 0 Å². The number of thiophene rings is 1. The molecule has 2 atom stereocenters. The number of rotatable bonds is 1. The molecule has 3 N–H and O–H groups in total. The molecule has 0 saturated heterocycles. The number of phenols is 2. The van der Waals surface area contributed by atoms with Crippen molar-refractivity contribution >= 4 is 28.3 Å². The average molecular weight is 430 g/mol. The van der Waals surface area contributed by atoms with Gasteiger partial charge in [-0.15, -0.1) is 28.3 Å². The molecule has 0 bridgehead atoms. The third-order valence-corrected chi connectivity index (χ3v) is 6.66. The molecule has 1 aliphatic heterocycles. The van der Waals surface area contributed by atoms with Crippen LogP contribution in [0.2, 0.25) is 0 Å². The largest absolute Gasteiger partial charge is 0.504 e. The van der Waals surface area contributed by atoms with Gasteiger partial charge in [-0.1, -0.05) is 30.3 Å². The lowest BCUT2D eigenvalue weighted by atomic mass is 9.74. The van der Waals surface area contributed by atoms with Crippen LogP contribution in [0.4, 0.5) is 0 Å². The highest BCUT2D eigenvalue weighted by Crippen LogP contribution is 2.47. The molecule has 0 amide bonds. The lowest BCUT2D eigenvalue weighted by Crippen LogP contribution is -2.41. The Hall–Kier alpha value is -1.82. The lowest BCUT2D eigenvalue weighted by molar-refractivity contribution is 0.382. The summed E-state index contributed by atoms with van der Waals surface area (Å²) in [6.07, 6.45) is 1.99. The van der Waals surface area contributed by atoms with E-state index in [4.69, 9.17) is 0 Å². The first-order valence-corrected chi connectivity index (χ1v) is 9.48. The van der Waals surface area contributed by atoms with E-state index >= 15 is 0 Å². The van der Waals surface area contributed by atoms with Crippen molar-refractivity contribution in [3.8, 4) is 21.9 Å². The highest BCUT2D eigenvalue weighted by atomic mass is 79.9. The van der Waals surface area contributed by atoms with E-state index in [9.17, 15) is 10.2 Å². The highest BCUT2D eigenvalue weighted by molar-refractivity contribution is 8.93. The third-order valence-electron chi connectivity index (χ3n) is 5.46. The molecular weight excluding hydrogens is 410 g/mol. The first kappa shape index (κ1) is 17.6. The summed E-state index contributed by atoms with van der Waals surface area (Å²) < 4.78 is 0. The van der Waals surface area contributed by atoms with Gasteiger partial charge in [0.15, 0.2) is 11.5 Å². The topological polar surface area (TPSA) is 52.5 Å². The molecular formula is C21H20BrNO2S. The van der Waals surface area contributed by atoms with Gasteiger partial charge >= 0.3 is 0 Å². The molecule has 0 radical (unpaired) electrons. The predicted molar refractivity (Wildman–Crippen MR) is 111 cm³/mol. The van der Waals surface area contributed by atoms with Gasteiger partial charge in [-0.3, -0.25) is 0 Å². The first-order valence-electron chi connectivity index (χ1n) is 8.67. The van der Waals surface area contributed by atoms with E-state index in [0.29, 0.717) is 6.04 Å². The summed E-state index contributed by atoms with van der Waals surface area (Å²) in [7, 11) is 0. The second kappa shape index (κ2) is 6.72. The second-order valence-electron chi connectivity index (χ2n) is 6.90. The van der Waals surface area contributed by atoms with Gasteiger partial charge in [-0.2, -0.15) is 0 Å². The van der Waals surface area contributed by atoms with Crippen LogP contribution in [0, 0.1) is 0 Å². The molecule has 2 heterocycles. The van der Waals surface area contributed by atoms with Crippen molar-refractivity contribution in [2.45, 2.75) is 31.3 Å². The van der Waals surface area contributed by atoms with Gasteiger partial charge in [0.25, 0.3) is 0 Å². The van der Waals surface area contributed by atoms with Crippen LogP contribution in [0.15, 0.2) is 48.5 Å². The molecule has 134 valence electrons. The van der Waals surface area contributed by atoms with Crippen molar-refractivity contribution in [2.75, 3.05) is 0 Å². The molecule has 3 nitrogen and oxygen atoms in total. The SMILES string of the molecule is Br.Oc1cc2c(cc1O)[C@H]1c3cc(-c4ccccc4)sc3CN[C@@H]1CC2. The van der Waals surface area contributed by atoms with Crippen molar-refractivity contribution in [3.63, 3.8) is 0 Å². The van der Waals surface area contributed by atoms with Crippen LogP contribution in [0.5, 0.6) is 11.5 Å². The van der Waals surface area contributed by atoms with E-state index in [2.05, 4.69) is 35.6 Å². The summed E-state index contributed by atoms with van der Waals surface area (Å²) >= 11 is 1.85. The summed E-state index contributed by atoms with van der Waals surface area (Å²) in [5.74, 6) is 0.203. The fourth-order valence-corrected chi connectivity index (χ4v) is 5.42. The maximum absolute atomic E-state index is 10.0. The molecule has 0 fully saturated rings. The summed E-state index contributed by atoms with van der Waals surface area (Å²) in [6.45, 7) is 0.910. The van der Waals surface area contributed by atoms with Gasteiger partial charge in [0.1, 0.15) is 0 Å². The van der Waals surface area contributed by atoms with Crippen molar-refractivity contribution in [3.05, 3.63) is 70.1 Å². The number of aryl methyl sites for hydroxylation is 1. The van der Waals surface area contributed by atoms with Crippen LogP contribution in [-0.4, -0.2) is 16.3 Å². The first-order chi connectivity index (χ1) is 12.2. The number of aromatic hydroxyl groups is 2. The van der Waals surface area contributed by atoms with E-state index in [1.807, 2.05) is 17.4 Å². The third kappa shape index (κ3) is 2.75. The number of phenolic OH excluding ortho intramolecular Hbond substituents is 2. The smallest absolute Gasteiger partial charge is 0.157 e. The quantitative estimate of drug-likeness (QED) is 0.479. The van der Waals surface area contributed by atoms with Crippen LogP contribution in [0.1, 0.15) is 33.9 Å². The van der Waals surface area contributed by atoms with E-state index in [0.717, 1.165) is 30.5 Å². The zero-order valence-electron chi connectivity index (χ0n) is 14.1. The van der Waals surface area contributed by atoms with Crippen molar-refractivity contribution in [1.29, 1.82) is 0 Å². The van der Waals surface area contributed by atoms with E-state index in [1.54, 1.807) is 12.1 Å². The van der Waals surface area contributed by atoms with Gasteiger partial charge in [0.05, 0.1) is 0 Å². The van der Waals surface area contributed by atoms with Gasteiger partial charge in [-0.25, -0.2) is 0 Å². The summed E-state index contributed by atoms with van der Waals surface area (Å²) in [4.78, 5) is 2.67. The van der Waals surface area contributed by atoms with Gasteiger partial charge < -0.3 is 15.5 Å². The van der Waals surface area contributed by atoms with Crippen LogP contribution < -0.4 is 5.32 Å². The number of fused-ring (bicyclic) bond motifs is 5. The maximum atomic E-state index is 10.0. The monoisotopic (exact) mass is 429 g/mol. The van der Waals surface area contributed by atoms with Crippen LogP contribution >= 0.6 is 28.3 Å². The fraction of sp³-hybridized carbons (Fsp3) is 0.238. The molecule has 1 aliphatic carbocycles. The number of benzene rings is 2. The molecule has 5 heteroatoms. The molecule has 0 saturated carbocycles. The highest BCUT2D eigenvalue weighted by Gasteiger charge is 2.36. The number of halogens is 1. The molecule has 2 aliphatic rings.